The lowest BCUT2D eigenvalue weighted by Gasteiger charge is -2.37. The van der Waals surface area contributed by atoms with Crippen LogP contribution in [-0.4, -0.2) is 92.0 Å². The van der Waals surface area contributed by atoms with E-state index < -0.39 is 58.9 Å². The standard InChI is InChI=1S/C27H41N7O8/c1-26(2,40)20-14-30-32-34(20)17-13-18(23(37)31-27(21(35)22(28)36)8-10-41-11-9-27)33(15-17)24(38)19(42-25(29)39)12-16-6-4-3-5-7-16/h14,16-19,40H,3-13,15H2,1-2H3,(H2,28,36)(H2,29,39)(H,31,37)/t17-,18-,19?/m0/s1. The Kier molecular flexibility index (Phi) is 9.50. The van der Waals surface area contributed by atoms with Crippen LogP contribution in [0.5, 0.6) is 0 Å². The van der Waals surface area contributed by atoms with Crippen molar-refractivity contribution in [3.63, 3.8) is 0 Å². The number of primary amides is 2. The number of amides is 4. The first-order chi connectivity index (χ1) is 19.8. The second kappa shape index (κ2) is 12.7. The van der Waals surface area contributed by atoms with Gasteiger partial charge in [0.2, 0.25) is 11.7 Å². The van der Waals surface area contributed by atoms with Crippen molar-refractivity contribution in [2.24, 2.45) is 17.4 Å². The molecule has 1 saturated carbocycles. The summed E-state index contributed by atoms with van der Waals surface area (Å²) in [6.07, 6.45) is 4.34. The van der Waals surface area contributed by atoms with Crippen LogP contribution in [0.2, 0.25) is 0 Å². The van der Waals surface area contributed by atoms with Gasteiger partial charge in [-0.05, 0) is 26.2 Å². The number of ketones is 1. The molecule has 232 valence electrons. The molecule has 0 bridgehead atoms. The number of carbonyl (C=O) groups is 5. The van der Waals surface area contributed by atoms with Crippen LogP contribution in [0, 0.1) is 5.92 Å². The van der Waals surface area contributed by atoms with Crippen molar-refractivity contribution in [2.45, 2.75) is 101 Å². The van der Waals surface area contributed by atoms with Gasteiger partial charge >= 0.3 is 6.09 Å². The molecule has 1 aromatic rings. The first kappa shape index (κ1) is 31.3. The number of nitrogens with two attached hydrogens (primary N) is 2. The van der Waals surface area contributed by atoms with Crippen molar-refractivity contribution in [2.75, 3.05) is 19.8 Å². The van der Waals surface area contributed by atoms with Crippen molar-refractivity contribution in [1.29, 1.82) is 0 Å². The van der Waals surface area contributed by atoms with E-state index in [0.29, 0.717) is 5.69 Å². The third-order valence-electron chi connectivity index (χ3n) is 8.59. The van der Waals surface area contributed by atoms with Gasteiger partial charge in [0.05, 0.1) is 17.9 Å². The number of hydrogen-bond acceptors (Lipinski definition) is 10. The van der Waals surface area contributed by atoms with Crippen molar-refractivity contribution in [1.82, 2.24) is 25.2 Å². The quantitative estimate of drug-likeness (QED) is 0.262. The van der Waals surface area contributed by atoms with E-state index in [2.05, 4.69) is 15.6 Å². The van der Waals surface area contributed by atoms with E-state index in [9.17, 15) is 29.1 Å². The van der Waals surface area contributed by atoms with E-state index >= 15 is 0 Å². The number of hydrogen-bond donors (Lipinski definition) is 4. The van der Waals surface area contributed by atoms with E-state index in [1.54, 1.807) is 13.8 Å². The Morgan fingerprint density at radius 3 is 2.43 bits per heavy atom. The number of aromatic nitrogens is 3. The summed E-state index contributed by atoms with van der Waals surface area (Å²) in [5, 5.41) is 21.4. The molecular formula is C27H41N7O8. The van der Waals surface area contributed by atoms with Crippen LogP contribution in [0.15, 0.2) is 6.20 Å². The highest BCUT2D eigenvalue weighted by atomic mass is 16.6. The van der Waals surface area contributed by atoms with E-state index in [-0.39, 0.29) is 51.4 Å². The molecule has 1 aromatic heterocycles. The maximum absolute atomic E-state index is 14.0. The molecule has 4 rings (SSSR count). The van der Waals surface area contributed by atoms with Crippen molar-refractivity contribution in [3.05, 3.63) is 11.9 Å². The zero-order chi connectivity index (χ0) is 30.7. The summed E-state index contributed by atoms with van der Waals surface area (Å²) in [7, 11) is 0. The number of ether oxygens (including phenoxy) is 2. The Labute approximate surface area is 243 Å². The maximum atomic E-state index is 14.0. The van der Waals surface area contributed by atoms with Crippen molar-refractivity contribution < 1.29 is 38.6 Å². The Balaban J connectivity index is 1.66. The largest absolute Gasteiger partial charge is 0.436 e. The summed E-state index contributed by atoms with van der Waals surface area (Å²) in [6.45, 7) is 3.36. The Hall–Kier alpha value is -3.59. The third kappa shape index (κ3) is 6.89. The number of Topliss-reactive ketones (excluding diaryl/α,β-unsaturated/α-hetero) is 1. The number of likely N-dealkylation sites (tertiary alicyclic amines) is 1. The molecule has 2 aliphatic heterocycles. The summed E-state index contributed by atoms with van der Waals surface area (Å²) in [4.78, 5) is 65.9. The normalized spacial score (nSPS) is 23.6. The minimum Gasteiger partial charge on any atom is -0.436 e. The third-order valence-corrected chi connectivity index (χ3v) is 8.59. The van der Waals surface area contributed by atoms with Gasteiger partial charge in [-0.3, -0.25) is 19.2 Å². The first-order valence-corrected chi connectivity index (χ1v) is 14.5. The fourth-order valence-corrected chi connectivity index (χ4v) is 6.37. The topological polar surface area (TPSA) is 222 Å². The number of nitrogens with zero attached hydrogens (tertiary/aromatic N) is 4. The zero-order valence-corrected chi connectivity index (χ0v) is 24.1. The predicted molar refractivity (Wildman–Crippen MR) is 145 cm³/mol. The number of rotatable bonds is 10. The molecule has 0 spiro atoms. The molecule has 4 amide bonds. The molecule has 15 heteroatoms. The highest BCUT2D eigenvalue weighted by Crippen LogP contribution is 2.34. The number of carbonyl (C=O) groups excluding carboxylic acids is 5. The van der Waals surface area contributed by atoms with Gasteiger partial charge in [0.25, 0.3) is 11.8 Å². The lowest BCUT2D eigenvalue weighted by atomic mass is 9.84. The molecule has 1 aliphatic carbocycles. The van der Waals surface area contributed by atoms with Gasteiger partial charge in [-0.2, -0.15) is 0 Å². The Bertz CT molecular complexity index is 1180. The SMILES string of the molecule is CC(C)(O)c1cnnn1[C@H]1C[C@@H](C(=O)NC2(C(=O)C(N)=O)CCOCC2)N(C(=O)C(CC2CCCCC2)OC(N)=O)C1. The Morgan fingerprint density at radius 2 is 1.83 bits per heavy atom. The van der Waals surface area contributed by atoms with E-state index in [4.69, 9.17) is 20.9 Å². The molecule has 3 atom stereocenters. The van der Waals surface area contributed by atoms with Gasteiger partial charge in [0, 0.05) is 39.0 Å². The summed E-state index contributed by atoms with van der Waals surface area (Å²) in [5.41, 5.74) is 8.15. The van der Waals surface area contributed by atoms with E-state index in [1.165, 1.54) is 15.8 Å². The summed E-state index contributed by atoms with van der Waals surface area (Å²) < 4.78 is 12.1. The van der Waals surface area contributed by atoms with Crippen LogP contribution < -0.4 is 16.8 Å². The smallest absolute Gasteiger partial charge is 0.405 e. The molecule has 0 aromatic carbocycles. The van der Waals surface area contributed by atoms with Crippen LogP contribution in [0.1, 0.15) is 83.4 Å². The molecule has 3 heterocycles. The average Bonchev–Trinajstić information content (AvgIpc) is 3.61. The van der Waals surface area contributed by atoms with E-state index in [0.717, 1.165) is 32.1 Å². The number of nitrogens with one attached hydrogen (secondary N) is 1. The lowest BCUT2D eigenvalue weighted by Crippen LogP contribution is -2.63. The molecule has 15 nitrogen and oxygen atoms in total. The van der Waals surface area contributed by atoms with Crippen LogP contribution in [0.4, 0.5) is 4.79 Å². The highest BCUT2D eigenvalue weighted by Gasteiger charge is 2.49. The summed E-state index contributed by atoms with van der Waals surface area (Å²) >= 11 is 0. The summed E-state index contributed by atoms with van der Waals surface area (Å²) in [5.74, 6) is -3.26. The lowest BCUT2D eigenvalue weighted by molar-refractivity contribution is -0.149. The molecule has 6 N–H and O–H groups in total. The van der Waals surface area contributed by atoms with Crippen molar-refractivity contribution >= 4 is 29.6 Å². The van der Waals surface area contributed by atoms with Crippen LogP contribution in [-0.2, 0) is 34.3 Å². The molecular weight excluding hydrogens is 550 g/mol. The monoisotopic (exact) mass is 591 g/mol. The van der Waals surface area contributed by atoms with Gasteiger partial charge in [-0.1, -0.05) is 37.3 Å². The van der Waals surface area contributed by atoms with Gasteiger partial charge < -0.3 is 36.3 Å². The first-order valence-electron chi connectivity index (χ1n) is 14.5. The second-order valence-electron chi connectivity index (χ2n) is 12.1. The second-order valence-corrected chi connectivity index (χ2v) is 12.1. The van der Waals surface area contributed by atoms with Gasteiger partial charge in [0.15, 0.2) is 6.10 Å². The molecule has 42 heavy (non-hydrogen) atoms. The minimum absolute atomic E-state index is 0.0213. The van der Waals surface area contributed by atoms with E-state index in [1.807, 2.05) is 0 Å². The fraction of sp³-hybridized carbons (Fsp3) is 0.741. The van der Waals surface area contributed by atoms with Gasteiger partial charge in [-0.25, -0.2) is 9.48 Å². The summed E-state index contributed by atoms with van der Waals surface area (Å²) in [6, 6.07) is -1.72. The molecule has 1 unspecified atom stereocenters. The minimum atomic E-state index is -1.58. The van der Waals surface area contributed by atoms with Gasteiger partial charge in [-0.15, -0.1) is 5.10 Å². The molecule has 0 radical (unpaired) electrons. The van der Waals surface area contributed by atoms with Crippen molar-refractivity contribution in [3.8, 4) is 0 Å². The molecule has 3 aliphatic rings. The molecule has 3 fully saturated rings. The van der Waals surface area contributed by atoms with Crippen LogP contribution >= 0.6 is 0 Å². The maximum Gasteiger partial charge on any atom is 0.405 e. The zero-order valence-electron chi connectivity index (χ0n) is 24.1. The number of aliphatic hydroxyl groups is 1. The average molecular weight is 592 g/mol. The Morgan fingerprint density at radius 1 is 1.17 bits per heavy atom. The highest BCUT2D eigenvalue weighted by molar-refractivity contribution is 6.39. The fourth-order valence-electron chi connectivity index (χ4n) is 6.37. The van der Waals surface area contributed by atoms with Crippen LogP contribution in [0.3, 0.4) is 0 Å². The molecule has 2 saturated heterocycles. The van der Waals surface area contributed by atoms with Crippen LogP contribution in [0.25, 0.3) is 0 Å². The predicted octanol–water partition coefficient (Wildman–Crippen LogP) is -0.198. The van der Waals surface area contributed by atoms with Gasteiger partial charge in [0.1, 0.15) is 17.2 Å².